The number of rotatable bonds is 6. The molecule has 0 amide bonds. The average molecular weight is 265 g/mol. The Kier molecular flexibility index (Phi) is 4.30. The van der Waals surface area contributed by atoms with Crippen LogP contribution in [0.25, 0.3) is 0 Å². The number of nitrogens with zero attached hydrogens (tertiary/aromatic N) is 1. The van der Waals surface area contributed by atoms with Crippen LogP contribution in [0.15, 0.2) is 22.8 Å². The minimum atomic E-state index is -0.647. The van der Waals surface area contributed by atoms with Gasteiger partial charge in [0.05, 0.1) is 17.7 Å². The lowest BCUT2D eigenvalue weighted by Gasteiger charge is -2.28. The average Bonchev–Trinajstić information content (AvgIpc) is 3.02. The summed E-state index contributed by atoms with van der Waals surface area (Å²) in [6, 6.07) is 4.08. The van der Waals surface area contributed by atoms with Gasteiger partial charge in [-0.15, -0.1) is 0 Å². The van der Waals surface area contributed by atoms with Gasteiger partial charge in [-0.2, -0.15) is 0 Å². The molecule has 2 atom stereocenters. The SMILES string of the molecule is CCCC1(C(=O)O)CCN(C(CC)c2ccco2)C1. The Bertz CT molecular complexity index is 415. The van der Waals surface area contributed by atoms with E-state index in [0.717, 1.165) is 38.0 Å². The number of hydrogen-bond acceptors (Lipinski definition) is 3. The van der Waals surface area contributed by atoms with E-state index in [1.807, 2.05) is 12.1 Å². The van der Waals surface area contributed by atoms with Crippen LogP contribution in [0.2, 0.25) is 0 Å². The maximum atomic E-state index is 11.6. The molecule has 2 heterocycles. The molecule has 19 heavy (non-hydrogen) atoms. The van der Waals surface area contributed by atoms with Gasteiger partial charge in [0.2, 0.25) is 0 Å². The molecule has 0 radical (unpaired) electrons. The number of likely N-dealkylation sites (tertiary alicyclic amines) is 1. The highest BCUT2D eigenvalue weighted by molar-refractivity contribution is 5.75. The van der Waals surface area contributed by atoms with Gasteiger partial charge in [0.25, 0.3) is 0 Å². The minimum absolute atomic E-state index is 0.202. The lowest BCUT2D eigenvalue weighted by Crippen LogP contribution is -2.35. The molecule has 1 aromatic rings. The summed E-state index contributed by atoms with van der Waals surface area (Å²) in [5.41, 5.74) is -0.561. The van der Waals surface area contributed by atoms with Gasteiger partial charge in [0.1, 0.15) is 5.76 Å². The van der Waals surface area contributed by atoms with Crippen LogP contribution in [0, 0.1) is 5.41 Å². The number of carboxylic acid groups (broad SMARTS) is 1. The van der Waals surface area contributed by atoms with Crippen molar-refractivity contribution in [3.05, 3.63) is 24.2 Å². The van der Waals surface area contributed by atoms with Crippen molar-refractivity contribution < 1.29 is 14.3 Å². The first-order valence-corrected chi connectivity index (χ1v) is 7.14. The van der Waals surface area contributed by atoms with Crippen LogP contribution in [0.1, 0.15) is 51.3 Å². The van der Waals surface area contributed by atoms with Crippen molar-refractivity contribution in [3.8, 4) is 0 Å². The van der Waals surface area contributed by atoms with Crippen molar-refractivity contribution >= 4 is 5.97 Å². The van der Waals surface area contributed by atoms with Crippen LogP contribution in [0.3, 0.4) is 0 Å². The summed E-state index contributed by atoms with van der Waals surface area (Å²) in [5, 5.41) is 9.55. The first-order valence-electron chi connectivity index (χ1n) is 7.14. The first kappa shape index (κ1) is 14.1. The summed E-state index contributed by atoms with van der Waals surface area (Å²) in [6.07, 6.45) is 5.04. The molecule has 0 saturated carbocycles. The lowest BCUT2D eigenvalue weighted by molar-refractivity contribution is -0.148. The van der Waals surface area contributed by atoms with E-state index in [1.165, 1.54) is 0 Å². The zero-order valence-corrected chi connectivity index (χ0v) is 11.8. The Balaban J connectivity index is 2.13. The molecule has 2 rings (SSSR count). The topological polar surface area (TPSA) is 53.7 Å². The fourth-order valence-electron chi connectivity index (χ4n) is 3.25. The Labute approximate surface area is 114 Å². The highest BCUT2D eigenvalue weighted by atomic mass is 16.4. The summed E-state index contributed by atoms with van der Waals surface area (Å²) in [7, 11) is 0. The van der Waals surface area contributed by atoms with Crippen molar-refractivity contribution in [1.82, 2.24) is 4.90 Å². The van der Waals surface area contributed by atoms with Gasteiger partial charge in [-0.25, -0.2) is 0 Å². The van der Waals surface area contributed by atoms with E-state index >= 15 is 0 Å². The van der Waals surface area contributed by atoms with E-state index < -0.39 is 11.4 Å². The number of carbonyl (C=O) groups is 1. The van der Waals surface area contributed by atoms with Gasteiger partial charge in [0, 0.05) is 13.1 Å². The molecule has 4 nitrogen and oxygen atoms in total. The third kappa shape index (κ3) is 2.68. The second-order valence-electron chi connectivity index (χ2n) is 5.50. The zero-order chi connectivity index (χ0) is 13.9. The van der Waals surface area contributed by atoms with Crippen LogP contribution in [0.4, 0.5) is 0 Å². The quantitative estimate of drug-likeness (QED) is 0.857. The molecular formula is C15H23NO3. The zero-order valence-electron chi connectivity index (χ0n) is 11.8. The summed E-state index contributed by atoms with van der Waals surface area (Å²) < 4.78 is 5.50. The Hall–Kier alpha value is -1.29. The molecule has 106 valence electrons. The molecule has 1 aliphatic rings. The van der Waals surface area contributed by atoms with Gasteiger partial charge in [-0.3, -0.25) is 9.69 Å². The predicted molar refractivity (Wildman–Crippen MR) is 72.9 cm³/mol. The van der Waals surface area contributed by atoms with Gasteiger partial charge in [-0.05, 0) is 31.4 Å². The van der Waals surface area contributed by atoms with Gasteiger partial charge < -0.3 is 9.52 Å². The summed E-state index contributed by atoms with van der Waals surface area (Å²) in [4.78, 5) is 13.9. The highest BCUT2D eigenvalue weighted by Crippen LogP contribution is 2.40. The van der Waals surface area contributed by atoms with Crippen LogP contribution in [-0.4, -0.2) is 29.1 Å². The molecule has 2 unspecified atom stereocenters. The predicted octanol–water partition coefficient (Wildman–Crippen LogP) is 3.31. The largest absolute Gasteiger partial charge is 0.481 e. The molecular weight excluding hydrogens is 242 g/mol. The molecule has 1 aliphatic heterocycles. The van der Waals surface area contributed by atoms with E-state index in [9.17, 15) is 9.90 Å². The Morgan fingerprint density at radius 1 is 1.58 bits per heavy atom. The van der Waals surface area contributed by atoms with Crippen LogP contribution < -0.4 is 0 Å². The molecule has 0 aliphatic carbocycles. The Morgan fingerprint density at radius 2 is 2.37 bits per heavy atom. The highest BCUT2D eigenvalue weighted by Gasteiger charge is 2.45. The molecule has 1 N–H and O–H groups in total. The molecule has 0 aromatic carbocycles. The van der Waals surface area contributed by atoms with E-state index in [2.05, 4.69) is 18.7 Å². The summed E-state index contributed by atoms with van der Waals surface area (Å²) >= 11 is 0. The fraction of sp³-hybridized carbons (Fsp3) is 0.667. The van der Waals surface area contributed by atoms with E-state index in [1.54, 1.807) is 6.26 Å². The van der Waals surface area contributed by atoms with Crippen LogP contribution >= 0.6 is 0 Å². The molecule has 1 fully saturated rings. The maximum Gasteiger partial charge on any atom is 0.310 e. The third-order valence-corrected chi connectivity index (χ3v) is 4.26. The maximum absolute atomic E-state index is 11.6. The number of aliphatic carboxylic acids is 1. The van der Waals surface area contributed by atoms with Gasteiger partial charge in [-0.1, -0.05) is 20.3 Å². The molecule has 0 bridgehead atoms. The van der Waals surface area contributed by atoms with Crippen molar-refractivity contribution in [2.75, 3.05) is 13.1 Å². The van der Waals surface area contributed by atoms with Crippen molar-refractivity contribution in [1.29, 1.82) is 0 Å². The van der Waals surface area contributed by atoms with Crippen molar-refractivity contribution in [2.24, 2.45) is 5.41 Å². The molecule has 1 aromatic heterocycles. The summed E-state index contributed by atoms with van der Waals surface area (Å²) in [6.45, 7) is 5.64. The molecule has 1 saturated heterocycles. The van der Waals surface area contributed by atoms with E-state index in [4.69, 9.17) is 4.42 Å². The number of hydrogen-bond donors (Lipinski definition) is 1. The molecule has 0 spiro atoms. The van der Waals surface area contributed by atoms with E-state index in [-0.39, 0.29) is 6.04 Å². The first-order chi connectivity index (χ1) is 9.13. The minimum Gasteiger partial charge on any atom is -0.481 e. The monoisotopic (exact) mass is 265 g/mol. The second-order valence-corrected chi connectivity index (χ2v) is 5.50. The van der Waals surface area contributed by atoms with Crippen molar-refractivity contribution in [2.45, 2.75) is 45.6 Å². The van der Waals surface area contributed by atoms with Crippen LogP contribution in [-0.2, 0) is 4.79 Å². The van der Waals surface area contributed by atoms with Gasteiger partial charge in [0.15, 0.2) is 0 Å². The van der Waals surface area contributed by atoms with Gasteiger partial charge >= 0.3 is 5.97 Å². The number of carboxylic acids is 1. The standard InChI is InChI=1S/C15H23NO3/c1-3-7-15(14(17)18)8-9-16(11-15)12(4-2)13-6-5-10-19-13/h5-6,10,12H,3-4,7-9,11H2,1-2H3,(H,17,18). The molecule has 4 heteroatoms. The second kappa shape index (κ2) is 5.78. The fourth-order valence-corrected chi connectivity index (χ4v) is 3.25. The van der Waals surface area contributed by atoms with Crippen LogP contribution in [0.5, 0.6) is 0 Å². The Morgan fingerprint density at radius 3 is 2.89 bits per heavy atom. The number of furan rings is 1. The normalized spacial score (nSPS) is 25.6. The smallest absolute Gasteiger partial charge is 0.310 e. The lowest BCUT2D eigenvalue weighted by atomic mass is 9.82. The third-order valence-electron chi connectivity index (χ3n) is 4.26. The van der Waals surface area contributed by atoms with Crippen molar-refractivity contribution in [3.63, 3.8) is 0 Å². The van der Waals surface area contributed by atoms with E-state index in [0.29, 0.717) is 6.54 Å². The summed E-state index contributed by atoms with van der Waals surface area (Å²) in [5.74, 6) is 0.298.